The minimum atomic E-state index is 0.705. The summed E-state index contributed by atoms with van der Waals surface area (Å²) in [6, 6.07) is 6.54. The van der Waals surface area contributed by atoms with Crippen LogP contribution in [0.15, 0.2) is 24.5 Å². The van der Waals surface area contributed by atoms with Crippen LogP contribution in [0.3, 0.4) is 0 Å². The molecule has 0 saturated heterocycles. The summed E-state index contributed by atoms with van der Waals surface area (Å²) in [6.07, 6.45) is 3.00. The van der Waals surface area contributed by atoms with E-state index >= 15 is 0 Å². The number of rotatable bonds is 2. The number of imidazole rings is 1. The number of hydrogen-bond acceptors (Lipinski definition) is 1. The van der Waals surface area contributed by atoms with Gasteiger partial charge in [-0.15, -0.1) is 0 Å². The zero-order valence-electron chi connectivity index (χ0n) is 8.99. The van der Waals surface area contributed by atoms with Gasteiger partial charge in [-0.1, -0.05) is 19.9 Å². The molecule has 1 heterocycles. The van der Waals surface area contributed by atoms with Crippen molar-refractivity contribution in [3.05, 3.63) is 30.1 Å². The second-order valence-electron chi connectivity index (χ2n) is 4.28. The Bertz CT molecular complexity index is 441. The molecule has 0 aliphatic heterocycles. The Hall–Kier alpha value is -1.31. The molecule has 2 heteroatoms. The second kappa shape index (κ2) is 3.45. The van der Waals surface area contributed by atoms with Crippen LogP contribution in [-0.2, 0) is 13.5 Å². The smallest absolute Gasteiger partial charge is 0.0955 e. The van der Waals surface area contributed by atoms with Crippen molar-refractivity contribution in [3.8, 4) is 0 Å². The van der Waals surface area contributed by atoms with Gasteiger partial charge in [-0.05, 0) is 30.0 Å². The monoisotopic (exact) mass is 188 g/mol. The van der Waals surface area contributed by atoms with E-state index in [9.17, 15) is 0 Å². The predicted molar refractivity (Wildman–Crippen MR) is 59.3 cm³/mol. The fraction of sp³-hybridized carbons (Fsp3) is 0.417. The van der Waals surface area contributed by atoms with Gasteiger partial charge in [-0.25, -0.2) is 4.98 Å². The van der Waals surface area contributed by atoms with Crippen LogP contribution in [0.2, 0.25) is 0 Å². The molecule has 0 atom stereocenters. The fourth-order valence-electron chi connectivity index (χ4n) is 1.78. The molecule has 0 radical (unpaired) electrons. The summed E-state index contributed by atoms with van der Waals surface area (Å²) in [7, 11) is 2.03. The molecular formula is C12H16N2. The van der Waals surface area contributed by atoms with Crippen molar-refractivity contribution in [1.82, 2.24) is 9.55 Å². The highest BCUT2D eigenvalue weighted by Gasteiger charge is 2.02. The van der Waals surface area contributed by atoms with Gasteiger partial charge in [0, 0.05) is 7.05 Å². The number of aryl methyl sites for hydroxylation is 1. The average Bonchev–Trinajstić information content (AvgIpc) is 2.46. The van der Waals surface area contributed by atoms with Gasteiger partial charge in [-0.3, -0.25) is 0 Å². The van der Waals surface area contributed by atoms with Crippen molar-refractivity contribution in [1.29, 1.82) is 0 Å². The lowest BCUT2D eigenvalue weighted by molar-refractivity contribution is 0.647. The maximum atomic E-state index is 4.35. The maximum absolute atomic E-state index is 4.35. The van der Waals surface area contributed by atoms with Gasteiger partial charge in [0.1, 0.15) is 0 Å². The zero-order valence-corrected chi connectivity index (χ0v) is 8.99. The lowest BCUT2D eigenvalue weighted by atomic mass is 10.0. The Balaban J connectivity index is 2.42. The van der Waals surface area contributed by atoms with Crippen LogP contribution in [0, 0.1) is 5.92 Å². The summed E-state index contributed by atoms with van der Waals surface area (Å²) in [6.45, 7) is 4.48. The summed E-state index contributed by atoms with van der Waals surface area (Å²) < 4.78 is 2.05. The highest BCUT2D eigenvalue weighted by Crippen LogP contribution is 2.16. The first kappa shape index (κ1) is 9.25. The van der Waals surface area contributed by atoms with E-state index < -0.39 is 0 Å². The largest absolute Gasteiger partial charge is 0.334 e. The molecule has 2 rings (SSSR count). The Morgan fingerprint density at radius 3 is 2.86 bits per heavy atom. The number of hydrogen-bond donors (Lipinski definition) is 0. The third-order valence-electron chi connectivity index (χ3n) is 2.43. The molecule has 0 aliphatic rings. The van der Waals surface area contributed by atoms with E-state index in [1.165, 1.54) is 11.1 Å². The third-order valence-corrected chi connectivity index (χ3v) is 2.43. The van der Waals surface area contributed by atoms with E-state index in [4.69, 9.17) is 0 Å². The highest BCUT2D eigenvalue weighted by molar-refractivity contribution is 5.75. The van der Waals surface area contributed by atoms with Crippen molar-refractivity contribution in [2.45, 2.75) is 20.3 Å². The molecule has 1 aromatic heterocycles. The molecule has 14 heavy (non-hydrogen) atoms. The van der Waals surface area contributed by atoms with Crippen LogP contribution in [0.25, 0.3) is 11.0 Å². The minimum Gasteiger partial charge on any atom is -0.334 e. The molecule has 0 fully saturated rings. The van der Waals surface area contributed by atoms with Gasteiger partial charge >= 0.3 is 0 Å². The quantitative estimate of drug-likeness (QED) is 0.708. The highest BCUT2D eigenvalue weighted by atomic mass is 15.0. The predicted octanol–water partition coefficient (Wildman–Crippen LogP) is 2.77. The van der Waals surface area contributed by atoms with Crippen molar-refractivity contribution in [2.75, 3.05) is 0 Å². The molecule has 0 aliphatic carbocycles. The number of nitrogens with zero attached hydrogens (tertiary/aromatic N) is 2. The summed E-state index contributed by atoms with van der Waals surface area (Å²) in [5, 5.41) is 0. The van der Waals surface area contributed by atoms with Crippen LogP contribution in [0.1, 0.15) is 19.4 Å². The van der Waals surface area contributed by atoms with E-state index in [0.29, 0.717) is 5.92 Å². The standard InChI is InChI=1S/C12H16N2/c1-9(2)6-10-4-5-12-11(7-10)13-8-14(12)3/h4-5,7-9H,6H2,1-3H3. The molecule has 0 amide bonds. The molecule has 0 N–H and O–H groups in total. The zero-order chi connectivity index (χ0) is 10.1. The van der Waals surface area contributed by atoms with Crippen molar-refractivity contribution < 1.29 is 0 Å². The number of aromatic nitrogens is 2. The van der Waals surface area contributed by atoms with Gasteiger partial charge < -0.3 is 4.57 Å². The first-order valence-corrected chi connectivity index (χ1v) is 5.07. The van der Waals surface area contributed by atoms with Gasteiger partial charge in [0.05, 0.1) is 17.4 Å². The summed E-state index contributed by atoms with van der Waals surface area (Å²) in [5.41, 5.74) is 3.69. The average molecular weight is 188 g/mol. The van der Waals surface area contributed by atoms with Crippen LogP contribution in [-0.4, -0.2) is 9.55 Å². The number of fused-ring (bicyclic) bond motifs is 1. The molecular weight excluding hydrogens is 172 g/mol. The molecule has 0 spiro atoms. The van der Waals surface area contributed by atoms with Crippen molar-refractivity contribution >= 4 is 11.0 Å². The van der Waals surface area contributed by atoms with E-state index in [2.05, 4.69) is 41.6 Å². The van der Waals surface area contributed by atoms with Crippen molar-refractivity contribution in [3.63, 3.8) is 0 Å². The molecule has 74 valence electrons. The molecule has 0 bridgehead atoms. The SMILES string of the molecule is CC(C)Cc1ccc2c(c1)ncn2C. The van der Waals surface area contributed by atoms with E-state index in [1.54, 1.807) is 0 Å². The summed E-state index contributed by atoms with van der Waals surface area (Å²) in [5.74, 6) is 0.705. The molecule has 2 aromatic rings. The first-order chi connectivity index (χ1) is 6.66. The van der Waals surface area contributed by atoms with Gasteiger partial charge in [0.2, 0.25) is 0 Å². The molecule has 0 saturated carbocycles. The van der Waals surface area contributed by atoms with E-state index in [1.807, 2.05) is 13.4 Å². The molecule has 1 aromatic carbocycles. The van der Waals surface area contributed by atoms with Gasteiger partial charge in [0.25, 0.3) is 0 Å². The Morgan fingerprint density at radius 1 is 1.36 bits per heavy atom. The summed E-state index contributed by atoms with van der Waals surface area (Å²) >= 11 is 0. The lowest BCUT2D eigenvalue weighted by Gasteiger charge is -2.04. The third kappa shape index (κ3) is 1.65. The van der Waals surface area contributed by atoms with Gasteiger partial charge in [-0.2, -0.15) is 0 Å². The molecule has 0 unspecified atom stereocenters. The number of benzene rings is 1. The van der Waals surface area contributed by atoms with Crippen molar-refractivity contribution in [2.24, 2.45) is 13.0 Å². The Labute approximate surface area is 84.6 Å². The van der Waals surface area contributed by atoms with Crippen LogP contribution < -0.4 is 0 Å². The van der Waals surface area contributed by atoms with E-state index in [-0.39, 0.29) is 0 Å². The van der Waals surface area contributed by atoms with Crippen LogP contribution in [0.5, 0.6) is 0 Å². The Morgan fingerprint density at radius 2 is 2.14 bits per heavy atom. The normalized spacial score (nSPS) is 11.4. The Kier molecular flexibility index (Phi) is 2.28. The van der Waals surface area contributed by atoms with Crippen LogP contribution >= 0.6 is 0 Å². The summed E-state index contributed by atoms with van der Waals surface area (Å²) in [4.78, 5) is 4.35. The second-order valence-corrected chi connectivity index (χ2v) is 4.28. The topological polar surface area (TPSA) is 17.8 Å². The molecule has 2 nitrogen and oxygen atoms in total. The maximum Gasteiger partial charge on any atom is 0.0955 e. The first-order valence-electron chi connectivity index (χ1n) is 5.07. The fourth-order valence-corrected chi connectivity index (χ4v) is 1.78. The minimum absolute atomic E-state index is 0.705. The van der Waals surface area contributed by atoms with Crippen LogP contribution in [0.4, 0.5) is 0 Å². The lowest BCUT2D eigenvalue weighted by Crippen LogP contribution is -1.93. The van der Waals surface area contributed by atoms with E-state index in [0.717, 1.165) is 11.9 Å². The van der Waals surface area contributed by atoms with Gasteiger partial charge in [0.15, 0.2) is 0 Å².